The molecule has 0 spiro atoms. The van der Waals surface area contributed by atoms with Crippen molar-refractivity contribution >= 4 is 26.6 Å². The number of hydrogen-bond donors (Lipinski definition) is 2. The van der Waals surface area contributed by atoms with E-state index < -0.39 is 12.2 Å². The molecule has 2 aromatic carbocycles. The maximum atomic E-state index is 10.2. The van der Waals surface area contributed by atoms with Gasteiger partial charge in [-0.15, -0.1) is 0 Å². The zero-order valence-corrected chi connectivity index (χ0v) is 9.82. The Morgan fingerprint density at radius 1 is 0.667 bits per heavy atom. The van der Waals surface area contributed by atoms with Gasteiger partial charge in [0.05, 0.1) is 0 Å². The van der Waals surface area contributed by atoms with E-state index >= 15 is 0 Å². The molecule has 4 radical (unpaired) electrons. The second-order valence-corrected chi connectivity index (χ2v) is 4.15. The number of rotatable bonds is 3. The van der Waals surface area contributed by atoms with E-state index in [1.165, 1.54) is 0 Å². The Hall–Kier alpha value is -1.51. The maximum absolute atomic E-state index is 10.2. The molecule has 4 heteroatoms. The van der Waals surface area contributed by atoms with E-state index in [1.807, 2.05) is 0 Å². The van der Waals surface area contributed by atoms with Crippen LogP contribution in [0.15, 0.2) is 48.5 Å². The SMILES string of the molecule is [B]c1ccccc1[C@@H](O)[C@H](O)c1ccccc1[B]. The average molecular weight is 234 g/mol. The first-order valence-corrected chi connectivity index (χ1v) is 5.66. The van der Waals surface area contributed by atoms with Gasteiger partial charge in [-0.2, -0.15) is 0 Å². The molecule has 0 aliphatic carbocycles. The van der Waals surface area contributed by atoms with Crippen molar-refractivity contribution in [3.05, 3.63) is 59.7 Å². The summed E-state index contributed by atoms with van der Waals surface area (Å²) in [6.07, 6.45) is -2.20. The lowest BCUT2D eigenvalue weighted by molar-refractivity contribution is 0.0184. The van der Waals surface area contributed by atoms with Gasteiger partial charge in [0.15, 0.2) is 0 Å². The van der Waals surface area contributed by atoms with E-state index in [1.54, 1.807) is 48.5 Å². The summed E-state index contributed by atoms with van der Waals surface area (Å²) < 4.78 is 0. The van der Waals surface area contributed by atoms with E-state index in [0.29, 0.717) is 22.1 Å². The zero-order valence-electron chi connectivity index (χ0n) is 9.82. The van der Waals surface area contributed by atoms with Crippen LogP contribution >= 0.6 is 0 Å². The first-order chi connectivity index (χ1) is 8.61. The number of benzene rings is 2. The normalized spacial score (nSPS) is 14.1. The second-order valence-electron chi connectivity index (χ2n) is 4.15. The summed E-state index contributed by atoms with van der Waals surface area (Å²) in [5, 5.41) is 20.3. The van der Waals surface area contributed by atoms with Gasteiger partial charge in [-0.25, -0.2) is 0 Å². The Labute approximate surface area is 109 Å². The van der Waals surface area contributed by atoms with Gasteiger partial charge in [0, 0.05) is 0 Å². The third kappa shape index (κ3) is 2.50. The maximum Gasteiger partial charge on any atom is 0.114 e. The molecular formula is C14H12B2O2. The molecule has 18 heavy (non-hydrogen) atoms. The van der Waals surface area contributed by atoms with Crippen LogP contribution in [-0.2, 0) is 0 Å². The molecule has 2 N–H and O–H groups in total. The monoisotopic (exact) mass is 234 g/mol. The minimum absolute atomic E-state index is 0.443. The molecule has 0 aliphatic heterocycles. The molecule has 0 amide bonds. The quantitative estimate of drug-likeness (QED) is 0.736. The van der Waals surface area contributed by atoms with E-state index in [0.717, 1.165) is 0 Å². The third-order valence-electron chi connectivity index (χ3n) is 2.93. The standard InChI is InChI=1S/C14H12B2O2/c15-11-7-3-1-5-9(11)13(17)14(18)10-6-2-4-8-12(10)16/h1-8,13-14,17-18H/t13-,14-/m1/s1. The minimum atomic E-state index is -1.10. The fourth-order valence-corrected chi connectivity index (χ4v) is 1.90. The Kier molecular flexibility index (Phi) is 3.90. The van der Waals surface area contributed by atoms with Crippen molar-refractivity contribution in [2.24, 2.45) is 0 Å². The molecule has 2 aromatic rings. The molecule has 0 saturated carbocycles. The summed E-state index contributed by atoms with van der Waals surface area (Å²) in [6, 6.07) is 13.8. The van der Waals surface area contributed by atoms with Crippen molar-refractivity contribution in [3.63, 3.8) is 0 Å². The molecule has 0 aliphatic rings. The highest BCUT2D eigenvalue weighted by atomic mass is 16.3. The van der Waals surface area contributed by atoms with E-state index in [4.69, 9.17) is 15.7 Å². The fraction of sp³-hybridized carbons (Fsp3) is 0.143. The van der Waals surface area contributed by atoms with Crippen LogP contribution in [0, 0.1) is 0 Å². The summed E-state index contributed by atoms with van der Waals surface area (Å²) >= 11 is 0. The Balaban J connectivity index is 2.33. The fourth-order valence-electron chi connectivity index (χ4n) is 1.90. The van der Waals surface area contributed by atoms with Crippen LogP contribution in [0.25, 0.3) is 0 Å². The largest absolute Gasteiger partial charge is 0.385 e. The van der Waals surface area contributed by atoms with Crippen LogP contribution in [0.1, 0.15) is 23.3 Å². The number of aliphatic hydroxyl groups excluding tert-OH is 2. The van der Waals surface area contributed by atoms with E-state index in [9.17, 15) is 10.2 Å². The predicted molar refractivity (Wildman–Crippen MR) is 73.6 cm³/mol. The first-order valence-electron chi connectivity index (χ1n) is 5.66. The van der Waals surface area contributed by atoms with Crippen molar-refractivity contribution < 1.29 is 10.2 Å². The number of aliphatic hydroxyl groups is 2. The van der Waals surface area contributed by atoms with Crippen molar-refractivity contribution in [1.29, 1.82) is 0 Å². The summed E-state index contributed by atoms with van der Waals surface area (Å²) in [5.74, 6) is 0. The molecular weight excluding hydrogens is 222 g/mol. The molecule has 86 valence electrons. The van der Waals surface area contributed by atoms with Crippen LogP contribution in [0.4, 0.5) is 0 Å². The van der Waals surface area contributed by atoms with Crippen molar-refractivity contribution in [2.45, 2.75) is 12.2 Å². The van der Waals surface area contributed by atoms with Gasteiger partial charge in [-0.05, 0) is 11.1 Å². The molecule has 0 aromatic heterocycles. The molecule has 0 unspecified atom stereocenters. The van der Waals surface area contributed by atoms with E-state index in [2.05, 4.69) is 0 Å². The van der Waals surface area contributed by atoms with Gasteiger partial charge >= 0.3 is 0 Å². The van der Waals surface area contributed by atoms with Crippen LogP contribution in [-0.4, -0.2) is 25.9 Å². The lowest BCUT2D eigenvalue weighted by atomic mass is 9.82. The highest BCUT2D eigenvalue weighted by Crippen LogP contribution is 2.26. The lowest BCUT2D eigenvalue weighted by Crippen LogP contribution is -2.23. The van der Waals surface area contributed by atoms with Crippen LogP contribution in [0.5, 0.6) is 0 Å². The van der Waals surface area contributed by atoms with Crippen LogP contribution in [0.2, 0.25) is 0 Å². The summed E-state index contributed by atoms with van der Waals surface area (Å²) in [4.78, 5) is 0. The minimum Gasteiger partial charge on any atom is -0.385 e. The Morgan fingerprint density at radius 2 is 1.00 bits per heavy atom. The highest BCUT2D eigenvalue weighted by molar-refractivity contribution is 6.33. The van der Waals surface area contributed by atoms with Crippen LogP contribution < -0.4 is 10.9 Å². The molecule has 0 bridgehead atoms. The third-order valence-corrected chi connectivity index (χ3v) is 2.93. The first kappa shape index (κ1) is 12.9. The summed E-state index contributed by atoms with van der Waals surface area (Å²) in [7, 11) is 11.5. The lowest BCUT2D eigenvalue weighted by Gasteiger charge is -2.22. The van der Waals surface area contributed by atoms with Gasteiger partial charge in [0.2, 0.25) is 0 Å². The smallest absolute Gasteiger partial charge is 0.114 e. The topological polar surface area (TPSA) is 40.5 Å². The van der Waals surface area contributed by atoms with E-state index in [-0.39, 0.29) is 0 Å². The molecule has 2 rings (SSSR count). The van der Waals surface area contributed by atoms with Gasteiger partial charge in [0.25, 0.3) is 0 Å². The highest BCUT2D eigenvalue weighted by Gasteiger charge is 2.21. The molecule has 2 nitrogen and oxygen atoms in total. The van der Waals surface area contributed by atoms with Gasteiger partial charge in [-0.3, -0.25) is 0 Å². The predicted octanol–water partition coefficient (Wildman–Crippen LogP) is 0.0412. The van der Waals surface area contributed by atoms with Crippen molar-refractivity contribution in [2.75, 3.05) is 0 Å². The molecule has 0 fully saturated rings. The van der Waals surface area contributed by atoms with Gasteiger partial charge in [-0.1, -0.05) is 59.5 Å². The summed E-state index contributed by atoms with van der Waals surface area (Å²) in [6.45, 7) is 0. The Morgan fingerprint density at radius 3 is 1.33 bits per heavy atom. The second kappa shape index (κ2) is 5.42. The molecule has 2 atom stereocenters. The molecule has 0 heterocycles. The van der Waals surface area contributed by atoms with Gasteiger partial charge in [0.1, 0.15) is 27.9 Å². The Bertz CT molecular complexity index is 493. The molecule has 0 saturated heterocycles. The van der Waals surface area contributed by atoms with Crippen LogP contribution in [0.3, 0.4) is 0 Å². The summed E-state index contributed by atoms with van der Waals surface area (Å²) in [5.41, 5.74) is 1.87. The van der Waals surface area contributed by atoms with Crippen molar-refractivity contribution in [1.82, 2.24) is 0 Å². The average Bonchev–Trinajstić information content (AvgIpc) is 2.38. The number of hydrogen-bond acceptors (Lipinski definition) is 2. The zero-order chi connectivity index (χ0) is 13.1. The van der Waals surface area contributed by atoms with Crippen molar-refractivity contribution in [3.8, 4) is 0 Å². The van der Waals surface area contributed by atoms with Gasteiger partial charge < -0.3 is 10.2 Å².